The molecule has 0 bridgehead atoms. The molecule has 5 nitrogen and oxygen atoms in total. The minimum Gasteiger partial charge on any atom is -0.505 e. The number of carbonyl (C=O) groups excluding carboxylic acids is 1. The number of para-hydroxylation sites is 2. The van der Waals surface area contributed by atoms with E-state index in [0.717, 1.165) is 29.8 Å². The number of nitrogens with one attached hydrogen (secondary N) is 2. The number of phenols is 1. The highest BCUT2D eigenvalue weighted by molar-refractivity contribution is 9.10. The van der Waals surface area contributed by atoms with Crippen LogP contribution in [-0.4, -0.2) is 11.0 Å². The molecule has 3 aromatic carbocycles. The second-order valence-corrected chi connectivity index (χ2v) is 7.84. The Hall–Kier alpha value is -2.83. The van der Waals surface area contributed by atoms with Crippen molar-refractivity contribution in [1.29, 1.82) is 0 Å². The highest BCUT2D eigenvalue weighted by Gasteiger charge is 2.38. The van der Waals surface area contributed by atoms with Crippen molar-refractivity contribution >= 4 is 38.9 Å². The number of fused-ring (bicyclic) bond motifs is 1. The number of anilines is 3. The molecule has 1 unspecified atom stereocenters. The fourth-order valence-electron chi connectivity index (χ4n) is 3.59. The minimum atomic E-state index is -0.570. The van der Waals surface area contributed by atoms with Gasteiger partial charge in [-0.05, 0) is 58.2 Å². The van der Waals surface area contributed by atoms with Crippen molar-refractivity contribution < 1.29 is 9.90 Å². The van der Waals surface area contributed by atoms with Gasteiger partial charge in [0.25, 0.3) is 5.91 Å². The number of halogens is 1. The molecule has 148 valence electrons. The number of hydrogen-bond donors (Lipinski definition) is 3. The summed E-state index contributed by atoms with van der Waals surface area (Å²) < 4.78 is 0.580. The van der Waals surface area contributed by atoms with Crippen LogP contribution in [0, 0.1) is 0 Å². The normalized spacial score (nSPS) is 15.4. The Morgan fingerprint density at radius 1 is 1.03 bits per heavy atom. The van der Waals surface area contributed by atoms with E-state index in [2.05, 4.69) is 45.8 Å². The quantitative estimate of drug-likeness (QED) is 0.344. The van der Waals surface area contributed by atoms with Crippen molar-refractivity contribution in [3.63, 3.8) is 0 Å². The van der Waals surface area contributed by atoms with E-state index in [-0.39, 0.29) is 11.7 Å². The Balaban J connectivity index is 1.61. The van der Waals surface area contributed by atoms with Gasteiger partial charge in [-0.15, -0.1) is 0 Å². The number of benzene rings is 3. The first-order chi connectivity index (χ1) is 14.1. The first kappa shape index (κ1) is 19.5. The summed E-state index contributed by atoms with van der Waals surface area (Å²) in [7, 11) is 0. The maximum atomic E-state index is 13.3. The topological polar surface area (TPSA) is 64.6 Å². The average molecular weight is 452 g/mol. The number of nitrogens with zero attached hydrogens (tertiary/aromatic N) is 1. The minimum absolute atomic E-state index is 0.0728. The second-order valence-electron chi connectivity index (χ2n) is 6.99. The van der Waals surface area contributed by atoms with Gasteiger partial charge in [-0.25, -0.2) is 5.43 Å². The van der Waals surface area contributed by atoms with Crippen LogP contribution in [0.15, 0.2) is 71.2 Å². The summed E-state index contributed by atoms with van der Waals surface area (Å²) in [6, 6.07) is 20.6. The zero-order valence-electron chi connectivity index (χ0n) is 16.0. The van der Waals surface area contributed by atoms with Gasteiger partial charge in [0.15, 0.2) is 5.75 Å². The summed E-state index contributed by atoms with van der Waals surface area (Å²) in [6.45, 7) is 2.15. The van der Waals surface area contributed by atoms with Gasteiger partial charge in [0.05, 0.1) is 15.8 Å². The van der Waals surface area contributed by atoms with Gasteiger partial charge >= 0.3 is 0 Å². The summed E-state index contributed by atoms with van der Waals surface area (Å²) in [5, 5.41) is 10.2. The molecular weight excluding hydrogens is 430 g/mol. The maximum absolute atomic E-state index is 13.3. The number of aromatic hydroxyl groups is 1. The van der Waals surface area contributed by atoms with Crippen LogP contribution in [0.2, 0.25) is 0 Å². The molecule has 1 heterocycles. The summed E-state index contributed by atoms with van der Waals surface area (Å²) >= 11 is 3.30. The molecule has 0 saturated carbocycles. The van der Waals surface area contributed by atoms with E-state index in [9.17, 15) is 9.90 Å². The molecule has 0 fully saturated rings. The largest absolute Gasteiger partial charge is 0.505 e. The molecule has 1 aliphatic rings. The molecule has 0 aromatic heterocycles. The average Bonchev–Trinajstić information content (AvgIpc) is 3.01. The molecule has 0 spiro atoms. The summed E-state index contributed by atoms with van der Waals surface area (Å²) in [5.74, 6) is 0.0125. The molecular formula is C23H22BrN3O2. The van der Waals surface area contributed by atoms with Crippen molar-refractivity contribution in [3.05, 3.63) is 82.3 Å². The van der Waals surface area contributed by atoms with Crippen LogP contribution in [0.25, 0.3) is 0 Å². The third-order valence-corrected chi connectivity index (χ3v) is 5.67. The lowest BCUT2D eigenvalue weighted by atomic mass is 10.1. The van der Waals surface area contributed by atoms with Crippen LogP contribution in [0.4, 0.5) is 17.1 Å². The standard InChI is InChI=1S/C23H22BrN3O2/c1-2-6-15-11-13-16(14-12-15)27-20-10-4-3-7-17(20)21(23(27)29)26-25-19-9-5-8-18(24)22(19)28/h3-5,7-14,21,25-26,28H,2,6H2,1H3. The molecule has 0 aliphatic carbocycles. The molecule has 4 rings (SSSR count). The second kappa shape index (κ2) is 8.27. The van der Waals surface area contributed by atoms with E-state index < -0.39 is 6.04 Å². The molecule has 6 heteroatoms. The van der Waals surface area contributed by atoms with Crippen LogP contribution in [-0.2, 0) is 11.2 Å². The van der Waals surface area contributed by atoms with Gasteiger partial charge in [0.2, 0.25) is 0 Å². The van der Waals surface area contributed by atoms with Crippen molar-refractivity contribution in [2.24, 2.45) is 0 Å². The number of hydrogen-bond acceptors (Lipinski definition) is 4. The molecule has 0 saturated heterocycles. The molecule has 3 aromatic rings. The SMILES string of the molecule is CCCc1ccc(N2C(=O)C(NNc3cccc(Br)c3O)c3ccccc32)cc1. The lowest BCUT2D eigenvalue weighted by Gasteiger charge is -2.19. The van der Waals surface area contributed by atoms with E-state index in [1.54, 1.807) is 17.0 Å². The summed E-state index contributed by atoms with van der Waals surface area (Å²) in [4.78, 5) is 15.0. The number of amides is 1. The van der Waals surface area contributed by atoms with Crippen molar-refractivity contribution in [1.82, 2.24) is 5.43 Å². The number of hydrazine groups is 1. The summed E-state index contributed by atoms with van der Waals surface area (Å²) in [5.41, 5.74) is 10.4. The molecule has 29 heavy (non-hydrogen) atoms. The summed E-state index contributed by atoms with van der Waals surface area (Å²) in [6.07, 6.45) is 2.11. The van der Waals surface area contributed by atoms with Crippen LogP contribution < -0.4 is 15.8 Å². The first-order valence-corrected chi connectivity index (χ1v) is 10.4. The Morgan fingerprint density at radius 2 is 1.79 bits per heavy atom. The highest BCUT2D eigenvalue weighted by atomic mass is 79.9. The Kier molecular flexibility index (Phi) is 5.56. The lowest BCUT2D eigenvalue weighted by Crippen LogP contribution is -2.35. The van der Waals surface area contributed by atoms with Crippen molar-refractivity contribution in [2.45, 2.75) is 25.8 Å². The van der Waals surface area contributed by atoms with Crippen molar-refractivity contribution in [2.75, 3.05) is 10.3 Å². The van der Waals surface area contributed by atoms with Gasteiger partial charge < -0.3 is 10.5 Å². The monoisotopic (exact) mass is 451 g/mol. The number of aryl methyl sites for hydroxylation is 1. The zero-order chi connectivity index (χ0) is 20.4. The van der Waals surface area contributed by atoms with E-state index >= 15 is 0 Å². The molecule has 1 amide bonds. The lowest BCUT2D eigenvalue weighted by molar-refractivity contribution is -0.119. The Bertz CT molecular complexity index is 1040. The van der Waals surface area contributed by atoms with Crippen LogP contribution >= 0.6 is 15.9 Å². The Morgan fingerprint density at radius 3 is 2.55 bits per heavy atom. The van der Waals surface area contributed by atoms with E-state index in [4.69, 9.17) is 0 Å². The molecule has 0 radical (unpaired) electrons. The third-order valence-electron chi connectivity index (χ3n) is 5.03. The zero-order valence-corrected chi connectivity index (χ0v) is 17.6. The molecule has 3 N–H and O–H groups in total. The number of carbonyl (C=O) groups is 1. The number of phenolic OH excluding ortho intramolecular Hbond substituents is 1. The van der Waals surface area contributed by atoms with Gasteiger partial charge in [0.1, 0.15) is 6.04 Å². The first-order valence-electron chi connectivity index (χ1n) is 9.61. The van der Waals surface area contributed by atoms with E-state index in [1.807, 2.05) is 42.5 Å². The van der Waals surface area contributed by atoms with E-state index in [1.165, 1.54) is 5.56 Å². The smallest absolute Gasteiger partial charge is 0.255 e. The fourth-order valence-corrected chi connectivity index (χ4v) is 3.95. The fraction of sp³-hybridized carbons (Fsp3) is 0.174. The predicted molar refractivity (Wildman–Crippen MR) is 119 cm³/mol. The van der Waals surface area contributed by atoms with Gasteiger partial charge in [-0.2, -0.15) is 0 Å². The predicted octanol–water partition coefficient (Wildman–Crippen LogP) is 5.44. The molecule has 1 atom stereocenters. The van der Waals surface area contributed by atoms with E-state index in [0.29, 0.717) is 10.2 Å². The maximum Gasteiger partial charge on any atom is 0.255 e. The van der Waals surface area contributed by atoms with Gasteiger partial charge in [0, 0.05) is 11.3 Å². The van der Waals surface area contributed by atoms with Gasteiger partial charge in [-0.3, -0.25) is 9.69 Å². The molecule has 1 aliphatic heterocycles. The van der Waals surface area contributed by atoms with Crippen LogP contribution in [0.1, 0.15) is 30.5 Å². The highest BCUT2D eigenvalue weighted by Crippen LogP contribution is 2.41. The van der Waals surface area contributed by atoms with Crippen LogP contribution in [0.3, 0.4) is 0 Å². The van der Waals surface area contributed by atoms with Gasteiger partial charge in [-0.1, -0.05) is 49.7 Å². The van der Waals surface area contributed by atoms with Crippen molar-refractivity contribution in [3.8, 4) is 5.75 Å². The number of rotatable bonds is 6. The Labute approximate surface area is 178 Å². The van der Waals surface area contributed by atoms with Crippen LogP contribution in [0.5, 0.6) is 5.75 Å². The third kappa shape index (κ3) is 3.73.